The van der Waals surface area contributed by atoms with Gasteiger partial charge in [-0.15, -0.1) is 0 Å². The molecular formula is C26H30N5O4P. The number of nitrogens with two attached hydrogens (primary N) is 1. The van der Waals surface area contributed by atoms with Crippen molar-refractivity contribution in [3.8, 4) is 17.0 Å². The largest absolute Gasteiger partial charge is 0.495 e. The monoisotopic (exact) mass is 507 g/mol. The van der Waals surface area contributed by atoms with Gasteiger partial charge in [0.15, 0.2) is 0 Å². The molecular weight excluding hydrogens is 477 g/mol. The third-order valence-electron chi connectivity index (χ3n) is 6.44. The maximum Gasteiger partial charge on any atom is 0.290 e. The summed E-state index contributed by atoms with van der Waals surface area (Å²) in [6, 6.07) is 14.0. The zero-order chi connectivity index (χ0) is 25.7. The minimum atomic E-state index is -2.44. The highest BCUT2D eigenvalue weighted by Gasteiger charge is 2.30. The number of ether oxygens (including phenoxy) is 1. The van der Waals surface area contributed by atoms with Crippen molar-refractivity contribution in [2.24, 2.45) is 5.73 Å². The molecule has 0 aliphatic carbocycles. The lowest BCUT2D eigenvalue weighted by atomic mass is 10.1. The SMILES string of the molecule is COc1cc(P2(=O)CCC(N)CC2)ccc1Nc1ncc(C)c(-c2c[nH]c3ccccc23)n1.O=CO. The number of rotatable bonds is 5. The summed E-state index contributed by atoms with van der Waals surface area (Å²) in [6.07, 6.45) is 6.70. The molecule has 10 heteroatoms. The van der Waals surface area contributed by atoms with Crippen LogP contribution in [0.3, 0.4) is 0 Å². The van der Waals surface area contributed by atoms with Crippen molar-refractivity contribution < 1.29 is 19.2 Å². The van der Waals surface area contributed by atoms with Gasteiger partial charge in [0.25, 0.3) is 6.47 Å². The van der Waals surface area contributed by atoms with Gasteiger partial charge in [0, 0.05) is 52.5 Å². The van der Waals surface area contributed by atoms with Crippen molar-refractivity contribution in [3.05, 3.63) is 60.4 Å². The minimum Gasteiger partial charge on any atom is -0.495 e. The number of aromatic amines is 1. The van der Waals surface area contributed by atoms with Gasteiger partial charge in [0.05, 0.1) is 18.5 Å². The Hall–Kier alpha value is -3.68. The lowest BCUT2D eigenvalue weighted by molar-refractivity contribution is -0.122. The third kappa shape index (κ3) is 5.27. The van der Waals surface area contributed by atoms with Crippen molar-refractivity contribution in [2.45, 2.75) is 25.8 Å². The maximum absolute atomic E-state index is 13.5. The number of hydrogen-bond donors (Lipinski definition) is 4. The number of benzene rings is 2. The lowest BCUT2D eigenvalue weighted by Gasteiger charge is -2.27. The Balaban J connectivity index is 0.000000967. The van der Waals surface area contributed by atoms with Crippen LogP contribution < -0.4 is 21.1 Å². The van der Waals surface area contributed by atoms with E-state index >= 15 is 0 Å². The highest BCUT2D eigenvalue weighted by atomic mass is 31.2. The fourth-order valence-electron chi connectivity index (χ4n) is 4.46. The van der Waals surface area contributed by atoms with Crippen LogP contribution in [-0.4, -0.2) is 52.0 Å². The molecule has 5 rings (SSSR count). The van der Waals surface area contributed by atoms with E-state index in [9.17, 15) is 4.57 Å². The Labute approximate surface area is 209 Å². The maximum atomic E-state index is 13.5. The molecule has 1 aliphatic heterocycles. The Bertz CT molecular complexity index is 1410. The molecule has 9 nitrogen and oxygen atoms in total. The second-order valence-corrected chi connectivity index (χ2v) is 12.0. The first-order valence-electron chi connectivity index (χ1n) is 11.7. The van der Waals surface area contributed by atoms with E-state index in [0.717, 1.165) is 51.6 Å². The highest BCUT2D eigenvalue weighted by Crippen LogP contribution is 2.50. The topological polar surface area (TPSA) is 143 Å². The molecule has 0 saturated carbocycles. The molecule has 1 aliphatic rings. The molecule has 2 aromatic carbocycles. The zero-order valence-corrected chi connectivity index (χ0v) is 21.2. The first-order valence-corrected chi connectivity index (χ1v) is 13.7. The molecule has 0 bridgehead atoms. The number of carbonyl (C=O) groups is 1. The highest BCUT2D eigenvalue weighted by molar-refractivity contribution is 7.71. The molecule has 0 spiro atoms. The van der Waals surface area contributed by atoms with Gasteiger partial charge in [-0.2, -0.15) is 0 Å². The molecule has 5 N–H and O–H groups in total. The van der Waals surface area contributed by atoms with Crippen LogP contribution in [0.15, 0.2) is 54.9 Å². The number of aromatic nitrogens is 3. The van der Waals surface area contributed by atoms with Crippen LogP contribution in [0.1, 0.15) is 18.4 Å². The summed E-state index contributed by atoms with van der Waals surface area (Å²) in [5.74, 6) is 1.10. The predicted octanol–water partition coefficient (Wildman–Crippen LogP) is 4.50. The quantitative estimate of drug-likeness (QED) is 0.228. The van der Waals surface area contributed by atoms with E-state index < -0.39 is 7.14 Å². The molecule has 4 aromatic rings. The normalized spacial score (nSPS) is 19.2. The van der Waals surface area contributed by atoms with Gasteiger partial charge >= 0.3 is 0 Å². The first-order chi connectivity index (χ1) is 17.4. The van der Waals surface area contributed by atoms with Crippen molar-refractivity contribution in [2.75, 3.05) is 24.8 Å². The number of aryl methyl sites for hydroxylation is 1. The standard InChI is InChI=1S/C25H28N5O2P.CH2O2/c1-16-14-28-25(30-24(16)20-15-27-21-6-4-3-5-19(20)21)29-22-8-7-18(13-23(22)32-2)33(31)11-9-17(26)10-12-33;2-1-3/h3-8,13-15,17,27H,9-12,26H2,1-2H3,(H,28,29,30);1H,(H,2,3). The summed E-state index contributed by atoms with van der Waals surface area (Å²) in [5, 5.41) is 12.1. The molecule has 1 saturated heterocycles. The minimum absolute atomic E-state index is 0.153. The Kier molecular flexibility index (Phi) is 7.72. The van der Waals surface area contributed by atoms with E-state index in [1.165, 1.54) is 0 Å². The zero-order valence-electron chi connectivity index (χ0n) is 20.3. The molecule has 0 atom stereocenters. The molecule has 3 heterocycles. The summed E-state index contributed by atoms with van der Waals surface area (Å²) in [5.41, 5.74) is 10.7. The third-order valence-corrected chi connectivity index (χ3v) is 9.62. The van der Waals surface area contributed by atoms with E-state index in [1.54, 1.807) is 7.11 Å². The molecule has 1 fully saturated rings. The number of hydrogen-bond acceptors (Lipinski definition) is 7. The lowest BCUT2D eigenvalue weighted by Crippen LogP contribution is -2.29. The van der Waals surface area contributed by atoms with Crippen LogP contribution >= 0.6 is 7.14 Å². The average Bonchev–Trinajstić information content (AvgIpc) is 3.32. The van der Waals surface area contributed by atoms with Gasteiger partial charge < -0.3 is 30.4 Å². The summed E-state index contributed by atoms with van der Waals surface area (Å²) in [7, 11) is -0.823. The van der Waals surface area contributed by atoms with E-state index in [2.05, 4.69) is 21.4 Å². The second-order valence-electron chi connectivity index (χ2n) is 8.76. The first kappa shape index (κ1) is 25.4. The number of para-hydroxylation sites is 1. The summed E-state index contributed by atoms with van der Waals surface area (Å²) >= 11 is 0. The number of methoxy groups -OCH3 is 1. The van der Waals surface area contributed by atoms with E-state index in [0.29, 0.717) is 24.0 Å². The van der Waals surface area contributed by atoms with Gasteiger partial charge in [-0.3, -0.25) is 4.79 Å². The number of nitrogens with zero attached hydrogens (tertiary/aromatic N) is 2. The average molecular weight is 508 g/mol. The van der Waals surface area contributed by atoms with Gasteiger partial charge in [0.2, 0.25) is 5.95 Å². The predicted molar refractivity (Wildman–Crippen MR) is 143 cm³/mol. The molecule has 0 unspecified atom stereocenters. The van der Waals surface area contributed by atoms with Crippen LogP contribution in [0.5, 0.6) is 5.75 Å². The smallest absolute Gasteiger partial charge is 0.290 e. The van der Waals surface area contributed by atoms with Crippen molar-refractivity contribution in [3.63, 3.8) is 0 Å². The molecule has 36 heavy (non-hydrogen) atoms. The van der Waals surface area contributed by atoms with Gasteiger partial charge in [0.1, 0.15) is 12.9 Å². The molecule has 188 valence electrons. The number of H-pyrrole nitrogens is 1. The fraction of sp³-hybridized carbons (Fsp3) is 0.269. The summed E-state index contributed by atoms with van der Waals surface area (Å²) in [4.78, 5) is 21.0. The molecule has 2 aromatic heterocycles. The van der Waals surface area contributed by atoms with Crippen LogP contribution in [0.2, 0.25) is 0 Å². The number of anilines is 2. The van der Waals surface area contributed by atoms with Crippen molar-refractivity contribution >= 4 is 41.5 Å². The van der Waals surface area contributed by atoms with E-state index in [1.807, 2.05) is 55.7 Å². The van der Waals surface area contributed by atoms with Gasteiger partial charge in [-0.25, -0.2) is 9.97 Å². The number of nitrogens with one attached hydrogen (secondary N) is 2. The molecule has 0 radical (unpaired) electrons. The summed E-state index contributed by atoms with van der Waals surface area (Å²) in [6.45, 7) is 1.75. The second kappa shape index (κ2) is 10.9. The van der Waals surface area contributed by atoms with Crippen LogP contribution in [0.25, 0.3) is 22.2 Å². The van der Waals surface area contributed by atoms with Crippen LogP contribution in [-0.2, 0) is 9.36 Å². The Morgan fingerprint density at radius 2 is 1.94 bits per heavy atom. The summed E-state index contributed by atoms with van der Waals surface area (Å²) < 4.78 is 19.1. The van der Waals surface area contributed by atoms with Crippen molar-refractivity contribution in [1.29, 1.82) is 0 Å². The fourth-order valence-corrected chi connectivity index (χ4v) is 7.40. The van der Waals surface area contributed by atoms with E-state index in [-0.39, 0.29) is 12.5 Å². The number of carboxylic acid groups (broad SMARTS) is 1. The molecule has 0 amide bonds. The Morgan fingerprint density at radius 1 is 1.22 bits per heavy atom. The van der Waals surface area contributed by atoms with Crippen LogP contribution in [0.4, 0.5) is 11.6 Å². The van der Waals surface area contributed by atoms with Gasteiger partial charge in [-0.05, 0) is 49.6 Å². The van der Waals surface area contributed by atoms with Gasteiger partial charge in [-0.1, -0.05) is 18.2 Å². The van der Waals surface area contributed by atoms with Crippen molar-refractivity contribution in [1.82, 2.24) is 15.0 Å². The van der Waals surface area contributed by atoms with E-state index in [4.69, 9.17) is 25.4 Å². The Morgan fingerprint density at radius 3 is 2.67 bits per heavy atom. The number of fused-ring (bicyclic) bond motifs is 1. The van der Waals surface area contributed by atoms with Crippen LogP contribution in [0, 0.1) is 6.92 Å².